The lowest BCUT2D eigenvalue weighted by molar-refractivity contribution is -0.128. The third kappa shape index (κ3) is 3.00. The van der Waals surface area contributed by atoms with Gasteiger partial charge < -0.3 is 14.6 Å². The molecule has 0 saturated heterocycles. The highest BCUT2D eigenvalue weighted by molar-refractivity contribution is 5.77. The van der Waals surface area contributed by atoms with E-state index in [4.69, 9.17) is 4.74 Å². The van der Waals surface area contributed by atoms with Crippen LogP contribution in [0.3, 0.4) is 0 Å². The highest BCUT2D eigenvalue weighted by Gasteiger charge is 2.23. The summed E-state index contributed by atoms with van der Waals surface area (Å²) in [5.41, 5.74) is 0. The van der Waals surface area contributed by atoms with Crippen LogP contribution in [0, 0.1) is 6.92 Å². The number of carbonyl (C=O) groups excluding carboxylic acids is 1. The summed E-state index contributed by atoms with van der Waals surface area (Å²) in [5, 5.41) is 11.3. The Labute approximate surface area is 118 Å². The molecule has 110 valence electrons. The summed E-state index contributed by atoms with van der Waals surface area (Å²) >= 11 is 0. The zero-order chi connectivity index (χ0) is 13.9. The lowest BCUT2D eigenvalue weighted by Gasteiger charge is -2.25. The lowest BCUT2D eigenvalue weighted by atomic mass is 10.1. The Balaban J connectivity index is 1.46. The number of aryl methyl sites for hydroxylation is 2. The summed E-state index contributed by atoms with van der Waals surface area (Å²) in [6, 6.07) is 0.164. The average molecular weight is 278 g/mol. The Bertz CT molecular complexity index is 480. The monoisotopic (exact) mass is 278 g/mol. The van der Waals surface area contributed by atoms with Crippen molar-refractivity contribution in [2.75, 3.05) is 6.61 Å². The number of nitrogens with zero attached hydrogens (tertiary/aromatic N) is 3. The number of hydrogen-bond acceptors (Lipinski definition) is 4. The van der Waals surface area contributed by atoms with Gasteiger partial charge in [-0.15, -0.1) is 10.2 Å². The number of hydrogen-bond donors (Lipinski definition) is 1. The van der Waals surface area contributed by atoms with Crippen LogP contribution in [-0.2, 0) is 22.5 Å². The SMILES string of the molecule is Cc1nnc2n1CC(NC(=O)COC1CCCC1)CC2. The number of aromatic nitrogens is 3. The summed E-state index contributed by atoms with van der Waals surface area (Å²) in [5.74, 6) is 1.94. The Kier molecular flexibility index (Phi) is 4.00. The van der Waals surface area contributed by atoms with Crippen molar-refractivity contribution in [1.29, 1.82) is 0 Å². The molecule has 20 heavy (non-hydrogen) atoms. The van der Waals surface area contributed by atoms with E-state index in [1.165, 1.54) is 12.8 Å². The molecule has 1 fully saturated rings. The third-order valence-corrected chi connectivity index (χ3v) is 4.25. The van der Waals surface area contributed by atoms with Gasteiger partial charge in [-0.2, -0.15) is 0 Å². The molecule has 0 aromatic carbocycles. The van der Waals surface area contributed by atoms with Crippen molar-refractivity contribution < 1.29 is 9.53 Å². The van der Waals surface area contributed by atoms with Gasteiger partial charge in [0.2, 0.25) is 5.91 Å². The molecule has 1 aliphatic heterocycles. The van der Waals surface area contributed by atoms with Crippen molar-refractivity contribution in [3.8, 4) is 0 Å². The number of rotatable bonds is 4. The fraction of sp³-hybridized carbons (Fsp3) is 0.786. The van der Waals surface area contributed by atoms with Crippen molar-refractivity contribution in [3.63, 3.8) is 0 Å². The minimum atomic E-state index is -0.00363. The van der Waals surface area contributed by atoms with Gasteiger partial charge in [0, 0.05) is 19.0 Å². The zero-order valence-electron chi connectivity index (χ0n) is 12.0. The van der Waals surface area contributed by atoms with Crippen LogP contribution in [0.5, 0.6) is 0 Å². The van der Waals surface area contributed by atoms with Gasteiger partial charge in [-0.3, -0.25) is 4.79 Å². The van der Waals surface area contributed by atoms with Crippen LogP contribution < -0.4 is 5.32 Å². The Morgan fingerprint density at radius 1 is 1.35 bits per heavy atom. The Morgan fingerprint density at radius 2 is 2.15 bits per heavy atom. The molecule has 0 radical (unpaired) electrons. The molecule has 0 spiro atoms. The van der Waals surface area contributed by atoms with E-state index < -0.39 is 0 Å². The van der Waals surface area contributed by atoms with Gasteiger partial charge in [0.05, 0.1) is 6.10 Å². The van der Waals surface area contributed by atoms with E-state index in [-0.39, 0.29) is 18.6 Å². The summed E-state index contributed by atoms with van der Waals surface area (Å²) in [7, 11) is 0. The molecule has 2 heterocycles. The molecule has 3 rings (SSSR count). The van der Waals surface area contributed by atoms with Crippen molar-refractivity contribution in [3.05, 3.63) is 11.6 Å². The molecule has 1 amide bonds. The number of fused-ring (bicyclic) bond motifs is 1. The molecule has 6 heteroatoms. The van der Waals surface area contributed by atoms with Crippen LogP contribution in [0.4, 0.5) is 0 Å². The minimum Gasteiger partial charge on any atom is -0.368 e. The molecule has 1 saturated carbocycles. The predicted molar refractivity (Wildman–Crippen MR) is 73.2 cm³/mol. The highest BCUT2D eigenvalue weighted by atomic mass is 16.5. The zero-order valence-corrected chi connectivity index (χ0v) is 12.0. The van der Waals surface area contributed by atoms with E-state index in [0.717, 1.165) is 43.9 Å². The average Bonchev–Trinajstić information content (AvgIpc) is 3.07. The van der Waals surface area contributed by atoms with Crippen LogP contribution in [-0.4, -0.2) is 39.4 Å². The quantitative estimate of drug-likeness (QED) is 0.891. The van der Waals surface area contributed by atoms with E-state index in [0.29, 0.717) is 6.10 Å². The van der Waals surface area contributed by atoms with Gasteiger partial charge in [0.1, 0.15) is 18.3 Å². The van der Waals surface area contributed by atoms with E-state index in [9.17, 15) is 4.79 Å². The number of ether oxygens (including phenoxy) is 1. The Morgan fingerprint density at radius 3 is 2.95 bits per heavy atom. The lowest BCUT2D eigenvalue weighted by Crippen LogP contribution is -2.43. The molecule has 1 unspecified atom stereocenters. The normalized spacial score (nSPS) is 22.8. The number of nitrogens with one attached hydrogen (secondary N) is 1. The summed E-state index contributed by atoms with van der Waals surface area (Å²) < 4.78 is 7.73. The second kappa shape index (κ2) is 5.91. The molecule has 1 aliphatic carbocycles. The van der Waals surface area contributed by atoms with Crippen molar-refractivity contribution >= 4 is 5.91 Å². The highest BCUT2D eigenvalue weighted by Crippen LogP contribution is 2.20. The van der Waals surface area contributed by atoms with Crippen LogP contribution in [0.25, 0.3) is 0 Å². The number of amides is 1. The van der Waals surface area contributed by atoms with Crippen LogP contribution in [0.15, 0.2) is 0 Å². The van der Waals surface area contributed by atoms with E-state index >= 15 is 0 Å². The molecule has 6 nitrogen and oxygen atoms in total. The van der Waals surface area contributed by atoms with Crippen molar-refractivity contribution in [2.45, 2.75) is 64.1 Å². The van der Waals surface area contributed by atoms with E-state index in [1.54, 1.807) is 0 Å². The first kappa shape index (κ1) is 13.5. The molecular weight excluding hydrogens is 256 g/mol. The summed E-state index contributed by atoms with van der Waals surface area (Å²) in [6.07, 6.45) is 6.73. The molecular formula is C14H22N4O2. The second-order valence-corrected chi connectivity index (χ2v) is 5.79. The van der Waals surface area contributed by atoms with Gasteiger partial charge >= 0.3 is 0 Å². The van der Waals surface area contributed by atoms with Crippen LogP contribution in [0.1, 0.15) is 43.8 Å². The molecule has 1 N–H and O–H groups in total. The minimum absolute atomic E-state index is 0.00363. The molecule has 0 bridgehead atoms. The topological polar surface area (TPSA) is 69.0 Å². The first-order valence-electron chi connectivity index (χ1n) is 7.52. The summed E-state index contributed by atoms with van der Waals surface area (Å²) in [6.45, 7) is 2.91. The van der Waals surface area contributed by atoms with E-state index in [1.807, 2.05) is 6.92 Å². The van der Waals surface area contributed by atoms with Crippen LogP contribution >= 0.6 is 0 Å². The smallest absolute Gasteiger partial charge is 0.246 e. The van der Waals surface area contributed by atoms with Gasteiger partial charge in [-0.25, -0.2) is 0 Å². The first-order valence-corrected chi connectivity index (χ1v) is 7.52. The maximum Gasteiger partial charge on any atom is 0.246 e. The Hall–Kier alpha value is -1.43. The summed E-state index contributed by atoms with van der Waals surface area (Å²) in [4.78, 5) is 11.9. The predicted octanol–water partition coefficient (Wildman–Crippen LogP) is 0.977. The van der Waals surface area contributed by atoms with Gasteiger partial charge in [0.15, 0.2) is 0 Å². The van der Waals surface area contributed by atoms with Gasteiger partial charge in [-0.1, -0.05) is 12.8 Å². The van der Waals surface area contributed by atoms with Crippen molar-refractivity contribution in [1.82, 2.24) is 20.1 Å². The largest absolute Gasteiger partial charge is 0.368 e. The standard InChI is InChI=1S/C14H22N4O2/c1-10-16-17-13-7-6-11(8-18(10)13)15-14(19)9-20-12-4-2-3-5-12/h11-12H,2-9H2,1H3,(H,15,19). The first-order chi connectivity index (χ1) is 9.72. The molecule has 1 aromatic heterocycles. The van der Waals surface area contributed by atoms with E-state index in [2.05, 4.69) is 20.1 Å². The molecule has 2 aliphatic rings. The van der Waals surface area contributed by atoms with Gasteiger partial charge in [-0.05, 0) is 26.2 Å². The fourth-order valence-electron chi connectivity index (χ4n) is 3.10. The maximum absolute atomic E-state index is 11.9. The van der Waals surface area contributed by atoms with Crippen molar-refractivity contribution in [2.24, 2.45) is 0 Å². The molecule has 1 atom stereocenters. The third-order valence-electron chi connectivity index (χ3n) is 4.25. The molecule has 1 aromatic rings. The van der Waals surface area contributed by atoms with Crippen LogP contribution in [0.2, 0.25) is 0 Å². The maximum atomic E-state index is 11.9. The second-order valence-electron chi connectivity index (χ2n) is 5.79. The fourth-order valence-corrected chi connectivity index (χ4v) is 3.10. The van der Waals surface area contributed by atoms with Gasteiger partial charge in [0.25, 0.3) is 0 Å². The number of carbonyl (C=O) groups is 1.